The van der Waals surface area contributed by atoms with Crippen molar-refractivity contribution >= 4 is 29.4 Å². The number of para-hydroxylation sites is 1. The molecule has 0 unspecified atom stereocenters. The molecule has 1 heterocycles. The summed E-state index contributed by atoms with van der Waals surface area (Å²) in [4.78, 5) is 13.6. The molecular weight excluding hydrogens is 417 g/mol. The Labute approximate surface area is 177 Å². The highest BCUT2D eigenvalue weighted by Crippen LogP contribution is 2.26. The zero-order chi connectivity index (χ0) is 20.6. The van der Waals surface area contributed by atoms with Crippen LogP contribution >= 0.6 is 23.2 Å². The first-order chi connectivity index (χ1) is 14.1. The van der Waals surface area contributed by atoms with E-state index in [4.69, 9.17) is 42.3 Å². The maximum Gasteiger partial charge on any atom is 0.328 e. The number of hydrogen-bond donors (Lipinski definition) is 0. The molecular formula is C20H17Cl2N3O4. The lowest BCUT2D eigenvalue weighted by atomic mass is 10.2. The van der Waals surface area contributed by atoms with E-state index in [0.717, 1.165) is 5.56 Å². The molecule has 9 heteroatoms. The van der Waals surface area contributed by atoms with Crippen LogP contribution in [0.4, 0.5) is 0 Å². The number of ether oxygens (including phenoxy) is 3. The second-order valence-electron chi connectivity index (χ2n) is 5.62. The molecule has 0 N–H and O–H groups in total. The molecule has 0 aliphatic rings. The highest BCUT2D eigenvalue weighted by atomic mass is 35.5. The van der Waals surface area contributed by atoms with Gasteiger partial charge in [-0.3, -0.25) is 0 Å². The highest BCUT2D eigenvalue weighted by molar-refractivity contribution is 6.35. The third-order valence-electron chi connectivity index (χ3n) is 3.70. The lowest BCUT2D eigenvalue weighted by molar-refractivity contribution is 0.132. The van der Waals surface area contributed by atoms with Crippen LogP contribution in [-0.4, -0.2) is 30.4 Å². The van der Waals surface area contributed by atoms with Crippen molar-refractivity contribution in [1.82, 2.24) is 9.97 Å². The van der Waals surface area contributed by atoms with Gasteiger partial charge < -0.3 is 19.0 Å². The average Bonchev–Trinajstić information content (AvgIpc) is 2.73. The molecule has 0 radical (unpaired) electrons. The minimum Gasteiger partial charge on any atom is -0.481 e. The standard InChI is InChI=1S/C20H17Cl2N3O4/c1-26-18-10-19(27-2)25-20(24-18)29-17-6-4-3-5-13(17)11-23-28-12-14-7-8-15(21)9-16(14)22/h3-11H,12H2,1-2H3. The largest absolute Gasteiger partial charge is 0.481 e. The number of oxime groups is 1. The summed E-state index contributed by atoms with van der Waals surface area (Å²) in [5, 5.41) is 5.06. The quantitative estimate of drug-likeness (QED) is 0.361. The summed E-state index contributed by atoms with van der Waals surface area (Å²) in [5.41, 5.74) is 1.44. The monoisotopic (exact) mass is 433 g/mol. The van der Waals surface area contributed by atoms with Gasteiger partial charge in [-0.2, -0.15) is 9.97 Å². The minimum atomic E-state index is 0.0796. The van der Waals surface area contributed by atoms with Crippen molar-refractivity contribution in [2.75, 3.05) is 14.2 Å². The fraction of sp³-hybridized carbons (Fsp3) is 0.150. The Balaban J connectivity index is 1.71. The van der Waals surface area contributed by atoms with Gasteiger partial charge in [0.2, 0.25) is 11.8 Å². The number of nitrogens with zero attached hydrogens (tertiary/aromatic N) is 3. The summed E-state index contributed by atoms with van der Waals surface area (Å²) in [5.74, 6) is 1.13. The predicted octanol–water partition coefficient (Wildman–Crippen LogP) is 5.14. The molecule has 0 fully saturated rings. The molecule has 3 rings (SSSR count). The van der Waals surface area contributed by atoms with E-state index in [1.807, 2.05) is 18.2 Å². The van der Waals surface area contributed by atoms with Crippen LogP contribution in [0.15, 0.2) is 53.7 Å². The Kier molecular flexibility index (Phi) is 7.10. The van der Waals surface area contributed by atoms with E-state index in [-0.39, 0.29) is 12.6 Å². The van der Waals surface area contributed by atoms with Gasteiger partial charge in [0, 0.05) is 21.2 Å². The number of benzene rings is 2. The van der Waals surface area contributed by atoms with Crippen LogP contribution in [0.2, 0.25) is 10.0 Å². The van der Waals surface area contributed by atoms with E-state index in [2.05, 4.69) is 15.1 Å². The molecule has 29 heavy (non-hydrogen) atoms. The van der Waals surface area contributed by atoms with Crippen LogP contribution in [0, 0.1) is 0 Å². The molecule has 3 aromatic rings. The SMILES string of the molecule is COc1cc(OC)nc(Oc2ccccc2C=NOCc2ccc(Cl)cc2Cl)n1. The van der Waals surface area contributed by atoms with Crippen molar-refractivity contribution in [3.05, 3.63) is 69.7 Å². The minimum absolute atomic E-state index is 0.0796. The predicted molar refractivity (Wildman–Crippen MR) is 110 cm³/mol. The highest BCUT2D eigenvalue weighted by Gasteiger charge is 2.10. The molecule has 150 valence electrons. The summed E-state index contributed by atoms with van der Waals surface area (Å²) in [6.07, 6.45) is 1.52. The Bertz CT molecular complexity index is 993. The van der Waals surface area contributed by atoms with Gasteiger partial charge >= 0.3 is 6.01 Å². The van der Waals surface area contributed by atoms with Crippen molar-refractivity contribution in [2.45, 2.75) is 6.61 Å². The molecule has 0 saturated carbocycles. The van der Waals surface area contributed by atoms with Crippen molar-refractivity contribution in [3.8, 4) is 23.5 Å². The molecule has 1 aromatic heterocycles. The van der Waals surface area contributed by atoms with E-state index in [1.165, 1.54) is 20.4 Å². The molecule has 0 bridgehead atoms. The second-order valence-corrected chi connectivity index (χ2v) is 6.46. The molecule has 0 saturated heterocycles. The average molecular weight is 434 g/mol. The van der Waals surface area contributed by atoms with Gasteiger partial charge in [-0.1, -0.05) is 46.6 Å². The molecule has 0 spiro atoms. The lowest BCUT2D eigenvalue weighted by Crippen LogP contribution is -1.99. The van der Waals surface area contributed by atoms with Gasteiger partial charge in [-0.15, -0.1) is 0 Å². The van der Waals surface area contributed by atoms with Crippen LogP contribution in [-0.2, 0) is 11.4 Å². The van der Waals surface area contributed by atoms with Crippen LogP contribution < -0.4 is 14.2 Å². The van der Waals surface area contributed by atoms with Gasteiger partial charge in [-0.25, -0.2) is 0 Å². The smallest absolute Gasteiger partial charge is 0.328 e. The number of aromatic nitrogens is 2. The Hall–Kier alpha value is -3.03. The van der Waals surface area contributed by atoms with Crippen LogP contribution in [0.5, 0.6) is 23.5 Å². The maximum absolute atomic E-state index is 6.12. The van der Waals surface area contributed by atoms with Crippen molar-refractivity contribution in [2.24, 2.45) is 5.16 Å². The summed E-state index contributed by atoms with van der Waals surface area (Å²) in [6.45, 7) is 0.200. The molecule has 7 nitrogen and oxygen atoms in total. The first-order valence-corrected chi connectivity index (χ1v) is 9.18. The lowest BCUT2D eigenvalue weighted by Gasteiger charge is -2.09. The number of methoxy groups -OCH3 is 2. The van der Waals surface area contributed by atoms with Crippen LogP contribution in [0.25, 0.3) is 0 Å². The Morgan fingerprint density at radius 2 is 1.69 bits per heavy atom. The molecule has 0 atom stereocenters. The maximum atomic E-state index is 6.12. The first-order valence-electron chi connectivity index (χ1n) is 8.42. The molecule has 0 aliphatic heterocycles. The zero-order valence-electron chi connectivity index (χ0n) is 15.6. The third-order valence-corrected chi connectivity index (χ3v) is 4.29. The summed E-state index contributed by atoms with van der Waals surface area (Å²) in [7, 11) is 2.99. The van der Waals surface area contributed by atoms with Gasteiger partial charge in [0.1, 0.15) is 12.4 Å². The summed E-state index contributed by atoms with van der Waals surface area (Å²) in [6, 6.07) is 14.0. The van der Waals surface area contributed by atoms with E-state index in [1.54, 1.807) is 30.3 Å². The fourth-order valence-electron chi connectivity index (χ4n) is 2.26. The van der Waals surface area contributed by atoms with Gasteiger partial charge in [0.05, 0.1) is 26.5 Å². The van der Waals surface area contributed by atoms with E-state index >= 15 is 0 Å². The van der Waals surface area contributed by atoms with Crippen molar-refractivity contribution in [1.29, 1.82) is 0 Å². The Morgan fingerprint density at radius 3 is 2.38 bits per heavy atom. The first kappa shape index (κ1) is 20.7. The van der Waals surface area contributed by atoms with Crippen molar-refractivity contribution in [3.63, 3.8) is 0 Å². The summed E-state index contributed by atoms with van der Waals surface area (Å²) < 4.78 is 16.0. The van der Waals surface area contributed by atoms with Crippen LogP contribution in [0.1, 0.15) is 11.1 Å². The number of halogens is 2. The van der Waals surface area contributed by atoms with Crippen LogP contribution in [0.3, 0.4) is 0 Å². The molecule has 0 amide bonds. The third kappa shape index (κ3) is 5.73. The number of rotatable bonds is 8. The zero-order valence-corrected chi connectivity index (χ0v) is 17.1. The van der Waals surface area contributed by atoms with E-state index in [9.17, 15) is 0 Å². The van der Waals surface area contributed by atoms with Gasteiger partial charge in [0.15, 0.2) is 0 Å². The summed E-state index contributed by atoms with van der Waals surface area (Å²) >= 11 is 12.0. The van der Waals surface area contributed by atoms with Gasteiger partial charge in [-0.05, 0) is 24.3 Å². The van der Waals surface area contributed by atoms with E-state index < -0.39 is 0 Å². The second kappa shape index (κ2) is 9.95. The fourth-order valence-corrected chi connectivity index (χ4v) is 2.72. The number of hydrogen-bond acceptors (Lipinski definition) is 7. The molecule has 0 aliphatic carbocycles. The van der Waals surface area contributed by atoms with Crippen molar-refractivity contribution < 1.29 is 19.0 Å². The topological polar surface area (TPSA) is 75.1 Å². The Morgan fingerprint density at radius 1 is 0.966 bits per heavy atom. The molecule has 2 aromatic carbocycles. The normalized spacial score (nSPS) is 10.8. The van der Waals surface area contributed by atoms with Gasteiger partial charge in [0.25, 0.3) is 0 Å². The van der Waals surface area contributed by atoms with E-state index in [0.29, 0.717) is 33.1 Å².